The zero-order valence-corrected chi connectivity index (χ0v) is 11.6. The molecule has 0 aliphatic heterocycles. The molecule has 0 bridgehead atoms. The van der Waals surface area contributed by atoms with E-state index in [9.17, 15) is 14.4 Å². The van der Waals surface area contributed by atoms with Crippen LogP contribution >= 0.6 is 11.6 Å². The number of anilines is 1. The predicted molar refractivity (Wildman–Crippen MR) is 73.8 cm³/mol. The van der Waals surface area contributed by atoms with Crippen molar-refractivity contribution in [3.63, 3.8) is 0 Å². The number of carbonyl (C=O) groups excluding carboxylic acids is 2. The summed E-state index contributed by atoms with van der Waals surface area (Å²) in [5.74, 6) is -1.96. The largest absolute Gasteiger partial charge is 0.478 e. The third-order valence-electron chi connectivity index (χ3n) is 2.50. The lowest BCUT2D eigenvalue weighted by Crippen LogP contribution is -2.54. The summed E-state index contributed by atoms with van der Waals surface area (Å²) < 4.78 is 0. The average Bonchev–Trinajstić information content (AvgIpc) is 2.30. The summed E-state index contributed by atoms with van der Waals surface area (Å²) in [5, 5.41) is 13.9. The van der Waals surface area contributed by atoms with Gasteiger partial charge in [0, 0.05) is 5.02 Å². The molecule has 0 fully saturated rings. The van der Waals surface area contributed by atoms with Gasteiger partial charge < -0.3 is 21.5 Å². The molecule has 0 heterocycles. The van der Waals surface area contributed by atoms with E-state index in [0.29, 0.717) is 0 Å². The Morgan fingerprint density at radius 1 is 1.30 bits per heavy atom. The molecule has 0 saturated heterocycles. The maximum atomic E-state index is 11.7. The van der Waals surface area contributed by atoms with E-state index in [0.717, 1.165) is 0 Å². The molecular weight excluding hydrogens is 286 g/mol. The highest BCUT2D eigenvalue weighted by Gasteiger charge is 2.27. The number of rotatable bonds is 4. The third kappa shape index (κ3) is 3.86. The molecule has 3 amide bonds. The van der Waals surface area contributed by atoms with Gasteiger partial charge in [0.1, 0.15) is 5.54 Å². The first kappa shape index (κ1) is 15.8. The van der Waals surface area contributed by atoms with Crippen molar-refractivity contribution in [1.82, 2.24) is 5.32 Å². The molecule has 1 aromatic carbocycles. The Bertz CT molecular complexity index is 572. The molecule has 1 rings (SSSR count). The Balaban J connectivity index is 2.92. The monoisotopic (exact) mass is 299 g/mol. The summed E-state index contributed by atoms with van der Waals surface area (Å²) in [4.78, 5) is 33.9. The van der Waals surface area contributed by atoms with Crippen LogP contribution in [0.25, 0.3) is 0 Å². The average molecular weight is 300 g/mol. The van der Waals surface area contributed by atoms with Crippen molar-refractivity contribution in [3.05, 3.63) is 28.8 Å². The third-order valence-corrected chi connectivity index (χ3v) is 2.74. The summed E-state index contributed by atoms with van der Waals surface area (Å²) in [6.07, 6.45) is 0. The van der Waals surface area contributed by atoms with E-state index in [2.05, 4.69) is 10.6 Å². The molecule has 0 aliphatic carbocycles. The molecule has 0 unspecified atom stereocenters. The van der Waals surface area contributed by atoms with Gasteiger partial charge >= 0.3 is 12.0 Å². The number of benzene rings is 1. The fourth-order valence-electron chi connectivity index (χ4n) is 1.30. The highest BCUT2D eigenvalue weighted by Crippen LogP contribution is 2.20. The Morgan fingerprint density at radius 3 is 2.40 bits per heavy atom. The number of primary amides is 1. The number of nitrogens with one attached hydrogen (secondary N) is 2. The number of aromatic carboxylic acids is 1. The topological polar surface area (TPSA) is 122 Å². The molecule has 5 N–H and O–H groups in total. The van der Waals surface area contributed by atoms with E-state index >= 15 is 0 Å². The van der Waals surface area contributed by atoms with Crippen molar-refractivity contribution in [1.29, 1.82) is 0 Å². The van der Waals surface area contributed by atoms with E-state index < -0.39 is 23.4 Å². The smallest absolute Gasteiger partial charge is 0.337 e. The Hall–Kier alpha value is -2.28. The molecule has 20 heavy (non-hydrogen) atoms. The highest BCUT2D eigenvalue weighted by molar-refractivity contribution is 6.31. The maximum absolute atomic E-state index is 11.7. The van der Waals surface area contributed by atoms with Crippen LogP contribution in [-0.2, 0) is 4.79 Å². The zero-order chi connectivity index (χ0) is 15.5. The van der Waals surface area contributed by atoms with Gasteiger partial charge in [-0.1, -0.05) is 11.6 Å². The lowest BCUT2D eigenvalue weighted by molar-refractivity contribution is -0.122. The maximum Gasteiger partial charge on any atom is 0.337 e. The molecule has 8 heteroatoms. The second kappa shape index (κ2) is 5.79. The Labute approximate surface area is 120 Å². The molecular formula is C12H14ClN3O4. The summed E-state index contributed by atoms with van der Waals surface area (Å²) in [6.45, 7) is 2.85. The van der Waals surface area contributed by atoms with Crippen LogP contribution in [0, 0.1) is 0 Å². The summed E-state index contributed by atoms with van der Waals surface area (Å²) in [6, 6.07) is 3.24. The van der Waals surface area contributed by atoms with Gasteiger partial charge in [0.25, 0.3) is 0 Å². The first-order valence-corrected chi connectivity index (χ1v) is 5.93. The van der Waals surface area contributed by atoms with Crippen LogP contribution in [0.1, 0.15) is 24.2 Å². The van der Waals surface area contributed by atoms with Gasteiger partial charge in [0.05, 0.1) is 11.3 Å². The van der Waals surface area contributed by atoms with Crippen LogP contribution in [-0.4, -0.2) is 28.6 Å². The lowest BCUT2D eigenvalue weighted by atomic mass is 10.1. The second-order valence-corrected chi connectivity index (χ2v) is 5.00. The number of amides is 3. The first-order chi connectivity index (χ1) is 9.13. The van der Waals surface area contributed by atoms with Gasteiger partial charge in [0.15, 0.2) is 0 Å². The molecule has 108 valence electrons. The molecule has 0 atom stereocenters. The second-order valence-electron chi connectivity index (χ2n) is 4.56. The van der Waals surface area contributed by atoms with Gasteiger partial charge in [0.2, 0.25) is 5.91 Å². The molecule has 0 spiro atoms. The molecule has 0 saturated carbocycles. The van der Waals surface area contributed by atoms with Gasteiger partial charge in [-0.3, -0.25) is 4.79 Å². The van der Waals surface area contributed by atoms with Crippen molar-refractivity contribution >= 4 is 35.2 Å². The molecule has 1 aromatic rings. The molecule has 7 nitrogen and oxygen atoms in total. The summed E-state index contributed by atoms with van der Waals surface area (Å²) in [5.41, 5.74) is 3.75. The minimum absolute atomic E-state index is 0.0553. The number of urea groups is 1. The first-order valence-electron chi connectivity index (χ1n) is 5.55. The van der Waals surface area contributed by atoms with Crippen LogP contribution in [0.4, 0.5) is 10.5 Å². The fourth-order valence-corrected chi connectivity index (χ4v) is 1.47. The van der Waals surface area contributed by atoms with E-state index in [-0.39, 0.29) is 16.3 Å². The van der Waals surface area contributed by atoms with E-state index in [1.807, 2.05) is 0 Å². The van der Waals surface area contributed by atoms with Gasteiger partial charge in [-0.2, -0.15) is 0 Å². The van der Waals surface area contributed by atoms with Gasteiger partial charge in [-0.25, -0.2) is 9.59 Å². The van der Waals surface area contributed by atoms with Crippen molar-refractivity contribution in [2.45, 2.75) is 19.4 Å². The molecule has 0 aliphatic rings. The number of halogens is 1. The number of hydrogen-bond donors (Lipinski definition) is 4. The number of nitrogens with two attached hydrogens (primary N) is 1. The summed E-state index contributed by atoms with van der Waals surface area (Å²) in [7, 11) is 0. The van der Waals surface area contributed by atoms with Crippen LogP contribution in [0.2, 0.25) is 5.02 Å². The number of carbonyl (C=O) groups is 3. The SMILES string of the molecule is CC(C)(NC(=O)Nc1ccc(Cl)cc1C(=O)O)C(N)=O. The fraction of sp³-hybridized carbons (Fsp3) is 0.250. The lowest BCUT2D eigenvalue weighted by Gasteiger charge is -2.22. The standard InChI is InChI=1S/C12H14ClN3O4/c1-12(2,10(14)19)16-11(20)15-8-4-3-6(13)5-7(8)9(17)18/h3-5H,1-2H3,(H2,14,19)(H,17,18)(H2,15,16,20). The highest BCUT2D eigenvalue weighted by atomic mass is 35.5. The molecule has 0 aromatic heterocycles. The Morgan fingerprint density at radius 2 is 1.90 bits per heavy atom. The number of carboxylic acid groups (broad SMARTS) is 1. The zero-order valence-electron chi connectivity index (χ0n) is 10.9. The van der Waals surface area contributed by atoms with E-state index in [4.69, 9.17) is 22.4 Å². The molecule has 0 radical (unpaired) electrons. The van der Waals surface area contributed by atoms with Crippen LogP contribution in [0.15, 0.2) is 18.2 Å². The van der Waals surface area contributed by atoms with Gasteiger partial charge in [-0.15, -0.1) is 0 Å². The Kier molecular flexibility index (Phi) is 4.57. The van der Waals surface area contributed by atoms with Crippen molar-refractivity contribution in [2.24, 2.45) is 5.73 Å². The minimum atomic E-state index is -1.26. The van der Waals surface area contributed by atoms with E-state index in [1.165, 1.54) is 32.0 Å². The summed E-state index contributed by atoms with van der Waals surface area (Å²) >= 11 is 5.69. The van der Waals surface area contributed by atoms with Crippen molar-refractivity contribution < 1.29 is 19.5 Å². The quantitative estimate of drug-likeness (QED) is 0.671. The van der Waals surface area contributed by atoms with Crippen molar-refractivity contribution in [3.8, 4) is 0 Å². The minimum Gasteiger partial charge on any atom is -0.478 e. The predicted octanol–water partition coefficient (Wildman–Crippen LogP) is 1.42. The van der Waals surface area contributed by atoms with Crippen LogP contribution in [0.5, 0.6) is 0 Å². The van der Waals surface area contributed by atoms with Crippen molar-refractivity contribution in [2.75, 3.05) is 5.32 Å². The van der Waals surface area contributed by atoms with Gasteiger partial charge in [-0.05, 0) is 32.0 Å². The number of carboxylic acids is 1. The number of hydrogen-bond acceptors (Lipinski definition) is 3. The van der Waals surface area contributed by atoms with E-state index in [1.54, 1.807) is 0 Å². The van der Waals surface area contributed by atoms with Crippen LogP contribution in [0.3, 0.4) is 0 Å². The van der Waals surface area contributed by atoms with Crippen LogP contribution < -0.4 is 16.4 Å². The normalized spacial score (nSPS) is 10.8.